The third-order valence-electron chi connectivity index (χ3n) is 5.81. The van der Waals surface area contributed by atoms with Crippen molar-refractivity contribution >= 4 is 11.9 Å². The van der Waals surface area contributed by atoms with Crippen LogP contribution in [-0.4, -0.2) is 38.2 Å². The van der Waals surface area contributed by atoms with Crippen molar-refractivity contribution in [2.75, 3.05) is 26.3 Å². The molecule has 204 valence electrons. The fraction of sp³-hybridized carbons (Fsp3) is 0.250. The molecule has 0 saturated carbocycles. The molecule has 8 nitrogen and oxygen atoms in total. The molecular formula is C32H30N4O4Zn. The van der Waals surface area contributed by atoms with Crippen molar-refractivity contribution in [1.82, 2.24) is 0 Å². The molecule has 2 aliphatic heterocycles. The maximum Gasteiger partial charge on any atom is 2.00 e. The van der Waals surface area contributed by atoms with Crippen LogP contribution in [0.2, 0.25) is 0 Å². The summed E-state index contributed by atoms with van der Waals surface area (Å²) in [4.78, 5) is 23.3. The Balaban J connectivity index is 0.000000280. The first-order valence-corrected chi connectivity index (χ1v) is 12.9. The van der Waals surface area contributed by atoms with Gasteiger partial charge in [-0.2, -0.15) is 22.9 Å². The van der Waals surface area contributed by atoms with Gasteiger partial charge in [-0.1, -0.05) is 60.7 Å². The number of ether oxygens (including phenoxy) is 2. The topological polar surface area (TPSA) is 128 Å². The molecule has 0 amide bonds. The predicted octanol–water partition coefficient (Wildman–Crippen LogP) is 5.72. The van der Waals surface area contributed by atoms with Gasteiger partial charge in [-0.3, -0.25) is 0 Å². The second kappa shape index (κ2) is 17.3. The molecule has 4 rings (SSSR count). The second-order valence-corrected chi connectivity index (χ2v) is 8.84. The summed E-state index contributed by atoms with van der Waals surface area (Å²) in [6, 6.07) is 18.9. The Bertz CT molecular complexity index is 1300. The number of carbonyl (C=O) groups excluding carboxylic acids is 2. The minimum atomic E-state index is -0.304. The van der Waals surface area contributed by atoms with E-state index in [1.165, 1.54) is 0 Å². The normalized spacial score (nSPS) is 13.3. The molecular weight excluding hydrogens is 570 g/mol. The van der Waals surface area contributed by atoms with Crippen molar-refractivity contribution in [3.8, 4) is 12.1 Å². The van der Waals surface area contributed by atoms with Crippen molar-refractivity contribution in [1.29, 1.82) is 10.5 Å². The van der Waals surface area contributed by atoms with Crippen molar-refractivity contribution in [3.05, 3.63) is 128 Å². The molecule has 0 N–H and O–H groups in total. The molecule has 0 fully saturated rings. The summed E-state index contributed by atoms with van der Waals surface area (Å²) >= 11 is 0. The molecule has 0 aliphatic carbocycles. The van der Waals surface area contributed by atoms with Gasteiger partial charge in [-0.25, -0.2) is 9.59 Å². The summed E-state index contributed by atoms with van der Waals surface area (Å²) in [5, 5.41) is 25.9. The third-order valence-corrected chi connectivity index (χ3v) is 5.81. The molecule has 2 aromatic carbocycles. The molecule has 2 heterocycles. The molecule has 0 unspecified atom stereocenters. The Kier molecular flexibility index (Phi) is 13.8. The van der Waals surface area contributed by atoms with Gasteiger partial charge in [0.25, 0.3) is 0 Å². The van der Waals surface area contributed by atoms with Crippen molar-refractivity contribution < 1.29 is 38.5 Å². The molecule has 0 saturated heterocycles. The maximum absolute atomic E-state index is 11.7. The first-order chi connectivity index (χ1) is 19.4. The van der Waals surface area contributed by atoms with Gasteiger partial charge in [0.1, 0.15) is 0 Å². The molecule has 2 aromatic rings. The number of esters is 2. The van der Waals surface area contributed by atoms with Gasteiger partial charge < -0.3 is 20.1 Å². The average Bonchev–Trinajstić information content (AvgIpc) is 2.99. The Morgan fingerprint density at radius 1 is 0.707 bits per heavy atom. The number of hydrogen-bond donors (Lipinski definition) is 0. The summed E-state index contributed by atoms with van der Waals surface area (Å²) in [6.45, 7) is 5.04. The monoisotopic (exact) mass is 598 g/mol. The van der Waals surface area contributed by atoms with Crippen LogP contribution in [0.5, 0.6) is 0 Å². The van der Waals surface area contributed by atoms with Gasteiger partial charge in [0.2, 0.25) is 0 Å². The Labute approximate surface area is 253 Å². The molecule has 0 atom stereocenters. The van der Waals surface area contributed by atoms with Crippen LogP contribution in [0.25, 0.3) is 10.6 Å². The quantitative estimate of drug-likeness (QED) is 0.282. The summed E-state index contributed by atoms with van der Waals surface area (Å²) in [5.41, 5.74) is 6.51. The summed E-state index contributed by atoms with van der Waals surface area (Å²) in [6.07, 6.45) is 8.59. The minimum absolute atomic E-state index is 0. The number of nitrogens with zero attached hydrogens (tertiary/aromatic N) is 4. The smallest absolute Gasteiger partial charge is 0.687 e. The van der Waals surface area contributed by atoms with E-state index in [1.807, 2.05) is 36.4 Å². The van der Waals surface area contributed by atoms with Gasteiger partial charge in [0.05, 0.1) is 36.5 Å². The van der Waals surface area contributed by atoms with Gasteiger partial charge >= 0.3 is 31.4 Å². The number of nitriles is 2. The average molecular weight is 600 g/mol. The van der Waals surface area contributed by atoms with Gasteiger partial charge in [0, 0.05) is 11.1 Å². The van der Waals surface area contributed by atoms with E-state index in [9.17, 15) is 9.59 Å². The summed E-state index contributed by atoms with van der Waals surface area (Å²) in [5.74, 6) is -0.608. The number of hydrogen-bond acceptors (Lipinski definition) is 6. The van der Waals surface area contributed by atoms with Crippen LogP contribution >= 0.6 is 0 Å². The Hall–Kier alpha value is -4.46. The van der Waals surface area contributed by atoms with E-state index in [4.69, 9.17) is 20.0 Å². The van der Waals surface area contributed by atoms with Crippen molar-refractivity contribution in [3.63, 3.8) is 0 Å². The van der Waals surface area contributed by atoms with E-state index < -0.39 is 0 Å². The molecule has 0 aromatic heterocycles. The molecule has 41 heavy (non-hydrogen) atoms. The third kappa shape index (κ3) is 10.6. The standard InChI is InChI=1S/2C16H16N2O2.Zn/c2*1-2-20-16(19)15-8-14(10-18-11-15)7-12-3-5-13(9-17)6-4-12;/h2*3-6,8,10H,2,7,11H2,1H3,(H,18,19);/q;;+2/p-2. The van der Waals surface area contributed by atoms with Crippen LogP contribution in [0.4, 0.5) is 0 Å². The SMILES string of the molecule is CCOC(=O)C1=CC(Cc2ccc(C#N)cc2)=C[N-]C1.CCOC(=O)C1=CC(Cc2ccc(C#N)cc2)=C[N-]C1.[Zn+2]. The van der Waals surface area contributed by atoms with E-state index in [0.29, 0.717) is 61.4 Å². The van der Waals surface area contributed by atoms with Crippen molar-refractivity contribution in [2.24, 2.45) is 0 Å². The summed E-state index contributed by atoms with van der Waals surface area (Å²) in [7, 11) is 0. The Morgan fingerprint density at radius 3 is 1.39 bits per heavy atom. The number of carbonyl (C=O) groups is 2. The van der Waals surface area contributed by atoms with Gasteiger partial charge in [0.15, 0.2) is 0 Å². The van der Waals surface area contributed by atoms with E-state index in [2.05, 4.69) is 22.8 Å². The second-order valence-electron chi connectivity index (χ2n) is 8.84. The number of allylic oxidation sites excluding steroid dienone is 4. The predicted molar refractivity (Wildman–Crippen MR) is 152 cm³/mol. The molecule has 0 bridgehead atoms. The van der Waals surface area contributed by atoms with E-state index in [0.717, 1.165) is 22.3 Å². The number of rotatable bonds is 8. The van der Waals surface area contributed by atoms with Gasteiger partial charge in [-0.05, 0) is 62.1 Å². The maximum atomic E-state index is 11.7. The van der Waals surface area contributed by atoms with Crippen LogP contribution in [0, 0.1) is 22.7 Å². The number of benzene rings is 2. The largest absolute Gasteiger partial charge is 2.00 e. The zero-order valence-corrected chi connectivity index (χ0v) is 26.3. The van der Waals surface area contributed by atoms with E-state index >= 15 is 0 Å². The zero-order valence-electron chi connectivity index (χ0n) is 23.3. The van der Waals surface area contributed by atoms with Crippen LogP contribution < -0.4 is 0 Å². The molecule has 0 radical (unpaired) electrons. The molecule has 0 spiro atoms. The fourth-order valence-corrected chi connectivity index (χ4v) is 3.89. The first-order valence-electron chi connectivity index (χ1n) is 12.9. The van der Waals surface area contributed by atoms with Crippen LogP contribution in [0.3, 0.4) is 0 Å². The Morgan fingerprint density at radius 2 is 1.07 bits per heavy atom. The van der Waals surface area contributed by atoms with E-state index in [1.54, 1.807) is 50.5 Å². The summed E-state index contributed by atoms with van der Waals surface area (Å²) < 4.78 is 9.96. The minimum Gasteiger partial charge on any atom is -0.687 e. The van der Waals surface area contributed by atoms with Gasteiger partial charge in [-0.15, -0.1) is 0 Å². The zero-order chi connectivity index (χ0) is 28.7. The van der Waals surface area contributed by atoms with Crippen LogP contribution in [-0.2, 0) is 51.4 Å². The van der Waals surface area contributed by atoms with Crippen molar-refractivity contribution in [2.45, 2.75) is 26.7 Å². The first kappa shape index (κ1) is 32.8. The molecule has 9 heteroatoms. The fourth-order valence-electron chi connectivity index (χ4n) is 3.89. The van der Waals surface area contributed by atoms with Crippen LogP contribution in [0.15, 0.2) is 95.4 Å². The molecule has 2 aliphatic rings. The van der Waals surface area contributed by atoms with E-state index in [-0.39, 0.29) is 31.4 Å². The van der Waals surface area contributed by atoms with Crippen LogP contribution in [0.1, 0.15) is 36.1 Å².